The molecule has 7 nitrogen and oxygen atoms in total. The first-order valence-electron chi connectivity index (χ1n) is 7.22. The number of carboxylic acids is 1. The van der Waals surface area contributed by atoms with Crippen LogP contribution < -0.4 is 10.9 Å². The predicted octanol–water partition coefficient (Wildman–Crippen LogP) is 1.55. The molecule has 2 aromatic rings. The van der Waals surface area contributed by atoms with E-state index in [0.29, 0.717) is 28.7 Å². The molecule has 0 aromatic carbocycles. The molecule has 2 N–H and O–H groups in total. The van der Waals surface area contributed by atoms with E-state index in [0.717, 1.165) is 11.3 Å². The first-order chi connectivity index (χ1) is 10.7. The number of nitrogens with one attached hydrogen (secondary N) is 1. The molecule has 0 radical (unpaired) electrons. The van der Waals surface area contributed by atoms with Crippen molar-refractivity contribution in [3.8, 4) is 0 Å². The number of hydrogen-bond donors (Lipinski definition) is 2. The fraction of sp³-hybridized carbons (Fsp3) is 0.467. The molecule has 0 aliphatic rings. The van der Waals surface area contributed by atoms with Gasteiger partial charge in [0, 0.05) is 6.54 Å². The zero-order valence-corrected chi connectivity index (χ0v) is 14.3. The van der Waals surface area contributed by atoms with Crippen molar-refractivity contribution < 1.29 is 14.7 Å². The molecule has 2 aromatic heterocycles. The van der Waals surface area contributed by atoms with Crippen molar-refractivity contribution in [2.75, 3.05) is 6.54 Å². The number of carbonyl (C=O) groups is 2. The average molecular weight is 337 g/mol. The van der Waals surface area contributed by atoms with Gasteiger partial charge in [0.2, 0.25) is 5.91 Å². The topological polar surface area (TPSA) is 101 Å². The van der Waals surface area contributed by atoms with Gasteiger partial charge in [-0.15, -0.1) is 11.3 Å². The molecule has 1 amide bonds. The van der Waals surface area contributed by atoms with E-state index in [2.05, 4.69) is 10.3 Å². The minimum absolute atomic E-state index is 0.103. The quantitative estimate of drug-likeness (QED) is 0.862. The van der Waals surface area contributed by atoms with E-state index < -0.39 is 5.97 Å². The van der Waals surface area contributed by atoms with Crippen LogP contribution in [0.25, 0.3) is 10.2 Å². The third-order valence-corrected chi connectivity index (χ3v) is 4.62. The molecule has 2 rings (SSSR count). The average Bonchev–Trinajstić information content (AvgIpc) is 2.78. The first kappa shape index (κ1) is 17.1. The summed E-state index contributed by atoms with van der Waals surface area (Å²) in [6.45, 7) is 7.58. The Morgan fingerprint density at radius 1 is 1.35 bits per heavy atom. The minimum atomic E-state index is -1.08. The summed E-state index contributed by atoms with van der Waals surface area (Å²) in [5, 5.41) is 12.2. The Morgan fingerprint density at radius 2 is 2.00 bits per heavy atom. The van der Waals surface area contributed by atoms with Crippen molar-refractivity contribution in [2.45, 2.75) is 34.2 Å². The summed E-state index contributed by atoms with van der Waals surface area (Å²) in [7, 11) is 0. The summed E-state index contributed by atoms with van der Waals surface area (Å²) in [5.74, 6) is -0.643. The molecule has 0 spiro atoms. The zero-order chi connectivity index (χ0) is 17.3. The van der Waals surface area contributed by atoms with E-state index in [4.69, 9.17) is 0 Å². The number of rotatable bonds is 5. The summed E-state index contributed by atoms with van der Waals surface area (Å²) in [6.07, 6.45) is 0. The van der Waals surface area contributed by atoms with Crippen LogP contribution in [0.2, 0.25) is 0 Å². The van der Waals surface area contributed by atoms with E-state index in [1.54, 1.807) is 13.8 Å². The number of amides is 1. The molecule has 0 aliphatic heterocycles. The maximum Gasteiger partial charge on any atom is 0.346 e. The summed E-state index contributed by atoms with van der Waals surface area (Å²) >= 11 is 0.978. The number of fused-ring (bicyclic) bond motifs is 1. The number of carbonyl (C=O) groups excluding carboxylic acids is 1. The van der Waals surface area contributed by atoms with Gasteiger partial charge in [0.25, 0.3) is 5.56 Å². The fourth-order valence-corrected chi connectivity index (χ4v) is 3.28. The smallest absolute Gasteiger partial charge is 0.346 e. The largest absolute Gasteiger partial charge is 0.477 e. The van der Waals surface area contributed by atoms with Crippen molar-refractivity contribution in [3.05, 3.63) is 26.6 Å². The lowest BCUT2D eigenvalue weighted by Crippen LogP contribution is -2.35. The highest BCUT2D eigenvalue weighted by molar-refractivity contribution is 7.20. The summed E-state index contributed by atoms with van der Waals surface area (Å²) in [5.41, 5.74) is 0.0137. The van der Waals surface area contributed by atoms with Gasteiger partial charge in [0.05, 0.1) is 5.39 Å². The van der Waals surface area contributed by atoms with Gasteiger partial charge in [0.15, 0.2) is 0 Å². The van der Waals surface area contributed by atoms with Crippen molar-refractivity contribution in [1.82, 2.24) is 14.9 Å². The number of nitrogens with zero attached hydrogens (tertiary/aromatic N) is 2. The van der Waals surface area contributed by atoms with Crippen LogP contribution in [-0.2, 0) is 11.3 Å². The molecule has 2 heterocycles. The Kier molecular flexibility index (Phi) is 4.84. The van der Waals surface area contributed by atoms with Crippen molar-refractivity contribution in [3.63, 3.8) is 0 Å². The number of hydrogen-bond acceptors (Lipinski definition) is 5. The lowest BCUT2D eigenvalue weighted by atomic mass is 10.2. The van der Waals surface area contributed by atoms with E-state index >= 15 is 0 Å². The molecule has 0 saturated carbocycles. The van der Waals surface area contributed by atoms with Crippen LogP contribution in [0.15, 0.2) is 4.79 Å². The molecule has 0 fully saturated rings. The van der Waals surface area contributed by atoms with Gasteiger partial charge in [-0.2, -0.15) is 0 Å². The molecular weight excluding hydrogens is 318 g/mol. The van der Waals surface area contributed by atoms with E-state index in [9.17, 15) is 19.5 Å². The fourth-order valence-electron chi connectivity index (χ4n) is 2.23. The molecule has 8 heteroatoms. The molecule has 0 aliphatic carbocycles. The third-order valence-electron chi connectivity index (χ3n) is 3.44. The van der Waals surface area contributed by atoms with Gasteiger partial charge in [0.1, 0.15) is 22.1 Å². The molecular formula is C15H19N3O4S. The molecule has 124 valence electrons. The number of aromatic nitrogens is 2. The minimum Gasteiger partial charge on any atom is -0.477 e. The van der Waals surface area contributed by atoms with Crippen molar-refractivity contribution >= 4 is 33.4 Å². The van der Waals surface area contributed by atoms with Gasteiger partial charge < -0.3 is 10.4 Å². The van der Waals surface area contributed by atoms with Crippen molar-refractivity contribution in [1.29, 1.82) is 0 Å². The van der Waals surface area contributed by atoms with Crippen LogP contribution in [-0.4, -0.2) is 33.1 Å². The van der Waals surface area contributed by atoms with Gasteiger partial charge in [-0.25, -0.2) is 9.78 Å². The standard InChI is InChI=1S/C15H19N3O4S/c1-7(2)5-16-10(19)6-18-9(4)17-13-11(14(18)20)8(3)12(23-13)15(21)22/h7H,5-6H2,1-4H3,(H,16,19)(H,21,22). The monoisotopic (exact) mass is 337 g/mol. The van der Waals surface area contributed by atoms with E-state index in [1.807, 2.05) is 13.8 Å². The Morgan fingerprint density at radius 3 is 2.57 bits per heavy atom. The highest BCUT2D eigenvalue weighted by Gasteiger charge is 2.20. The molecule has 23 heavy (non-hydrogen) atoms. The van der Waals surface area contributed by atoms with Gasteiger partial charge >= 0.3 is 5.97 Å². The Hall–Kier alpha value is -2.22. The lowest BCUT2D eigenvalue weighted by molar-refractivity contribution is -0.121. The van der Waals surface area contributed by atoms with Crippen LogP contribution in [0, 0.1) is 19.8 Å². The van der Waals surface area contributed by atoms with Gasteiger partial charge in [-0.3, -0.25) is 14.2 Å². The van der Waals surface area contributed by atoms with Crippen LogP contribution in [0.1, 0.15) is 34.9 Å². The second-order valence-electron chi connectivity index (χ2n) is 5.79. The Labute approximate surface area is 137 Å². The molecule has 0 bridgehead atoms. The Bertz CT molecular complexity index is 835. The molecule has 0 unspecified atom stereocenters. The number of aromatic carboxylic acids is 1. The van der Waals surface area contributed by atoms with Crippen LogP contribution in [0.3, 0.4) is 0 Å². The normalized spacial score (nSPS) is 11.2. The van der Waals surface area contributed by atoms with E-state index in [-0.39, 0.29) is 28.3 Å². The summed E-state index contributed by atoms with van der Waals surface area (Å²) < 4.78 is 1.28. The van der Waals surface area contributed by atoms with Crippen LogP contribution >= 0.6 is 11.3 Å². The highest BCUT2D eigenvalue weighted by atomic mass is 32.1. The third kappa shape index (κ3) is 3.42. The zero-order valence-electron chi connectivity index (χ0n) is 13.5. The number of carboxylic acid groups (broad SMARTS) is 1. The molecule has 0 atom stereocenters. The predicted molar refractivity (Wildman–Crippen MR) is 88.2 cm³/mol. The first-order valence-corrected chi connectivity index (χ1v) is 8.04. The SMILES string of the molecule is Cc1c(C(=O)O)sc2nc(C)n(CC(=O)NCC(C)C)c(=O)c12. The van der Waals surface area contributed by atoms with Crippen LogP contribution in [0.5, 0.6) is 0 Å². The maximum atomic E-state index is 12.6. The lowest BCUT2D eigenvalue weighted by Gasteiger charge is -2.11. The van der Waals surface area contributed by atoms with Gasteiger partial charge in [-0.1, -0.05) is 13.8 Å². The summed E-state index contributed by atoms with van der Waals surface area (Å²) in [4.78, 5) is 40.6. The molecule has 0 saturated heterocycles. The number of thiophene rings is 1. The van der Waals surface area contributed by atoms with Gasteiger partial charge in [-0.05, 0) is 25.3 Å². The second kappa shape index (κ2) is 6.49. The Balaban J connectivity index is 2.45. The van der Waals surface area contributed by atoms with Crippen LogP contribution in [0.4, 0.5) is 0 Å². The summed E-state index contributed by atoms with van der Waals surface area (Å²) in [6, 6.07) is 0. The van der Waals surface area contributed by atoms with E-state index in [1.165, 1.54) is 4.57 Å². The van der Waals surface area contributed by atoms with Crippen molar-refractivity contribution in [2.24, 2.45) is 5.92 Å². The number of aryl methyl sites for hydroxylation is 2. The second-order valence-corrected chi connectivity index (χ2v) is 6.79. The highest BCUT2D eigenvalue weighted by Crippen LogP contribution is 2.27. The maximum absolute atomic E-state index is 12.6.